The second-order valence-electron chi connectivity index (χ2n) is 5.72. The number of hydrogen-bond donors (Lipinski definition) is 0. The molecule has 2 aliphatic rings. The van der Waals surface area contributed by atoms with Crippen LogP contribution < -0.4 is 4.90 Å². The van der Waals surface area contributed by atoms with Crippen molar-refractivity contribution in [1.82, 2.24) is 0 Å². The lowest BCUT2D eigenvalue weighted by Gasteiger charge is -2.17. The van der Waals surface area contributed by atoms with E-state index in [1.165, 1.54) is 18.5 Å². The summed E-state index contributed by atoms with van der Waals surface area (Å²) >= 11 is 1.57. The summed E-state index contributed by atoms with van der Waals surface area (Å²) in [6, 6.07) is 16.4. The number of anilines is 1. The van der Waals surface area contributed by atoms with Gasteiger partial charge in [0.25, 0.3) is 0 Å². The number of hydrogen-bond acceptors (Lipinski definition) is 3. The molecule has 0 aromatic heterocycles. The van der Waals surface area contributed by atoms with Gasteiger partial charge in [-0.15, -0.1) is 0 Å². The molecule has 0 N–H and O–H groups in total. The standard InChI is InChI=1S/C19H17NOS/c21-19-16-5-1-2-6-17(16)22-18(19)13-14-7-9-15(10-8-14)20-11-3-4-12-20/h1-2,5-10,13H,3-4,11-12H2/b18-13-. The Hall–Kier alpha value is -2.00. The molecular weight excluding hydrogens is 290 g/mol. The van der Waals surface area contributed by atoms with Crippen LogP contribution in [0.3, 0.4) is 0 Å². The number of Topliss-reactive ketones (excluding diaryl/α,β-unsaturated/α-hetero) is 1. The zero-order chi connectivity index (χ0) is 14.9. The summed E-state index contributed by atoms with van der Waals surface area (Å²) in [5.74, 6) is 0.143. The molecule has 0 aliphatic carbocycles. The number of benzene rings is 2. The summed E-state index contributed by atoms with van der Waals surface area (Å²) in [4.78, 5) is 16.7. The van der Waals surface area contributed by atoms with Gasteiger partial charge in [0, 0.05) is 29.2 Å². The van der Waals surface area contributed by atoms with Gasteiger partial charge in [0.15, 0.2) is 0 Å². The van der Waals surface area contributed by atoms with E-state index in [1.54, 1.807) is 11.8 Å². The van der Waals surface area contributed by atoms with Gasteiger partial charge in [-0.05, 0) is 48.7 Å². The Morgan fingerprint density at radius 1 is 0.955 bits per heavy atom. The average molecular weight is 307 g/mol. The van der Waals surface area contributed by atoms with Gasteiger partial charge in [0.2, 0.25) is 5.78 Å². The topological polar surface area (TPSA) is 20.3 Å². The zero-order valence-electron chi connectivity index (χ0n) is 12.3. The molecule has 3 heteroatoms. The third-order valence-electron chi connectivity index (χ3n) is 4.24. The van der Waals surface area contributed by atoms with Crippen molar-refractivity contribution >= 4 is 29.3 Å². The lowest BCUT2D eigenvalue weighted by molar-refractivity contribution is 0.104. The molecule has 0 unspecified atom stereocenters. The van der Waals surface area contributed by atoms with Gasteiger partial charge in [-0.25, -0.2) is 0 Å². The van der Waals surface area contributed by atoms with E-state index in [1.807, 2.05) is 30.3 Å². The first-order valence-electron chi connectivity index (χ1n) is 7.69. The fraction of sp³-hybridized carbons (Fsp3) is 0.211. The van der Waals surface area contributed by atoms with Crippen LogP contribution in [0, 0.1) is 0 Å². The quantitative estimate of drug-likeness (QED) is 0.755. The van der Waals surface area contributed by atoms with Crippen molar-refractivity contribution in [2.24, 2.45) is 0 Å². The van der Waals surface area contributed by atoms with Crippen LogP contribution in [0.4, 0.5) is 5.69 Å². The van der Waals surface area contributed by atoms with Crippen LogP contribution in [0.1, 0.15) is 28.8 Å². The first-order chi connectivity index (χ1) is 10.8. The lowest BCUT2D eigenvalue weighted by atomic mass is 10.1. The highest BCUT2D eigenvalue weighted by atomic mass is 32.2. The smallest absolute Gasteiger partial charge is 0.200 e. The van der Waals surface area contributed by atoms with Crippen LogP contribution in [-0.2, 0) is 0 Å². The van der Waals surface area contributed by atoms with Crippen molar-refractivity contribution in [2.75, 3.05) is 18.0 Å². The van der Waals surface area contributed by atoms with Crippen LogP contribution in [0.5, 0.6) is 0 Å². The Bertz CT molecular complexity index is 742. The largest absolute Gasteiger partial charge is 0.372 e. The van der Waals surface area contributed by atoms with Crippen LogP contribution in [-0.4, -0.2) is 18.9 Å². The molecule has 0 amide bonds. The normalized spacial score (nSPS) is 19.0. The van der Waals surface area contributed by atoms with E-state index in [0.717, 1.165) is 34.0 Å². The van der Waals surface area contributed by atoms with E-state index >= 15 is 0 Å². The molecule has 2 aliphatic heterocycles. The molecule has 0 saturated carbocycles. The molecule has 110 valence electrons. The minimum absolute atomic E-state index is 0.143. The third kappa shape index (κ3) is 2.46. The average Bonchev–Trinajstić information content (AvgIpc) is 3.18. The second kappa shape index (κ2) is 5.65. The summed E-state index contributed by atoms with van der Waals surface area (Å²) in [5.41, 5.74) is 3.20. The Kier molecular flexibility index (Phi) is 3.51. The van der Waals surface area contributed by atoms with Crippen molar-refractivity contribution < 1.29 is 4.79 Å². The number of ketones is 1. The molecule has 2 heterocycles. The maximum absolute atomic E-state index is 12.4. The molecule has 0 spiro atoms. The molecule has 2 aromatic rings. The number of allylic oxidation sites excluding steroid dienone is 1. The van der Waals surface area contributed by atoms with E-state index in [2.05, 4.69) is 29.2 Å². The van der Waals surface area contributed by atoms with Gasteiger partial charge in [0.05, 0.1) is 4.91 Å². The van der Waals surface area contributed by atoms with Crippen molar-refractivity contribution in [3.63, 3.8) is 0 Å². The minimum atomic E-state index is 0.143. The van der Waals surface area contributed by atoms with Crippen LogP contribution in [0.25, 0.3) is 6.08 Å². The second-order valence-corrected chi connectivity index (χ2v) is 6.81. The number of nitrogens with zero attached hydrogens (tertiary/aromatic N) is 1. The van der Waals surface area contributed by atoms with Crippen molar-refractivity contribution in [3.8, 4) is 0 Å². The Morgan fingerprint density at radius 3 is 2.41 bits per heavy atom. The van der Waals surface area contributed by atoms with E-state index in [0.29, 0.717) is 0 Å². The summed E-state index contributed by atoms with van der Waals surface area (Å²) in [5, 5.41) is 0. The highest BCUT2D eigenvalue weighted by Crippen LogP contribution is 2.40. The number of rotatable bonds is 2. The monoisotopic (exact) mass is 307 g/mol. The molecule has 0 bridgehead atoms. The summed E-state index contributed by atoms with van der Waals surface area (Å²) in [7, 11) is 0. The third-order valence-corrected chi connectivity index (χ3v) is 5.34. The molecule has 1 fully saturated rings. The maximum Gasteiger partial charge on any atom is 0.200 e. The molecule has 2 nitrogen and oxygen atoms in total. The Morgan fingerprint density at radius 2 is 1.68 bits per heavy atom. The SMILES string of the molecule is O=C1/C(=C/c2ccc(N3CCCC3)cc2)Sc2ccccc21. The van der Waals surface area contributed by atoms with Crippen LogP contribution in [0.2, 0.25) is 0 Å². The Balaban J connectivity index is 1.57. The Labute approximate surface area is 134 Å². The molecule has 0 atom stereocenters. The minimum Gasteiger partial charge on any atom is -0.372 e. The number of fused-ring (bicyclic) bond motifs is 1. The van der Waals surface area contributed by atoms with E-state index in [-0.39, 0.29) is 5.78 Å². The van der Waals surface area contributed by atoms with Crippen LogP contribution >= 0.6 is 11.8 Å². The number of carbonyl (C=O) groups is 1. The zero-order valence-corrected chi connectivity index (χ0v) is 13.1. The summed E-state index contributed by atoms with van der Waals surface area (Å²) < 4.78 is 0. The first-order valence-corrected chi connectivity index (χ1v) is 8.51. The van der Waals surface area contributed by atoms with Gasteiger partial charge >= 0.3 is 0 Å². The van der Waals surface area contributed by atoms with E-state index in [9.17, 15) is 4.79 Å². The fourth-order valence-corrected chi connectivity index (χ4v) is 4.10. The van der Waals surface area contributed by atoms with Gasteiger partial charge < -0.3 is 4.90 Å². The van der Waals surface area contributed by atoms with Crippen molar-refractivity contribution in [2.45, 2.75) is 17.7 Å². The molecule has 2 aromatic carbocycles. The number of thioether (sulfide) groups is 1. The van der Waals surface area contributed by atoms with Gasteiger partial charge in [-0.2, -0.15) is 0 Å². The van der Waals surface area contributed by atoms with Gasteiger partial charge in [0.1, 0.15) is 0 Å². The summed E-state index contributed by atoms with van der Waals surface area (Å²) in [6.45, 7) is 2.31. The van der Waals surface area contributed by atoms with E-state index in [4.69, 9.17) is 0 Å². The predicted molar refractivity (Wildman–Crippen MR) is 92.5 cm³/mol. The summed E-state index contributed by atoms with van der Waals surface area (Å²) in [6.07, 6.45) is 4.57. The molecule has 22 heavy (non-hydrogen) atoms. The molecular formula is C19H17NOS. The van der Waals surface area contributed by atoms with Crippen molar-refractivity contribution in [1.29, 1.82) is 0 Å². The first kappa shape index (κ1) is 13.6. The van der Waals surface area contributed by atoms with E-state index < -0.39 is 0 Å². The van der Waals surface area contributed by atoms with Gasteiger partial charge in [-0.3, -0.25) is 4.79 Å². The highest BCUT2D eigenvalue weighted by molar-refractivity contribution is 8.04. The lowest BCUT2D eigenvalue weighted by Crippen LogP contribution is -2.17. The van der Waals surface area contributed by atoms with Crippen LogP contribution in [0.15, 0.2) is 58.3 Å². The highest BCUT2D eigenvalue weighted by Gasteiger charge is 2.25. The van der Waals surface area contributed by atoms with Gasteiger partial charge in [-0.1, -0.05) is 36.0 Å². The number of carbonyl (C=O) groups excluding carboxylic acids is 1. The van der Waals surface area contributed by atoms with Crippen molar-refractivity contribution in [3.05, 3.63) is 64.6 Å². The molecule has 0 radical (unpaired) electrons. The fourth-order valence-electron chi connectivity index (χ4n) is 3.04. The predicted octanol–water partition coefficient (Wildman–Crippen LogP) is 4.62. The molecule has 1 saturated heterocycles. The maximum atomic E-state index is 12.4. The molecule has 4 rings (SSSR count).